The lowest BCUT2D eigenvalue weighted by atomic mass is 10.1. The van der Waals surface area contributed by atoms with Crippen molar-refractivity contribution >= 4 is 51.5 Å². The zero-order valence-electron chi connectivity index (χ0n) is 17.0. The first-order valence-electron chi connectivity index (χ1n) is 9.68. The summed E-state index contributed by atoms with van der Waals surface area (Å²) in [4.78, 5) is 12.4. The maximum Gasteiger partial charge on any atom is 0.258 e. The summed E-state index contributed by atoms with van der Waals surface area (Å²) >= 11 is 12.0. The van der Waals surface area contributed by atoms with E-state index in [1.165, 1.54) is 0 Å². The molecule has 3 N–H and O–H groups in total. The van der Waals surface area contributed by atoms with Crippen LogP contribution in [-0.2, 0) is 15.8 Å². The van der Waals surface area contributed by atoms with Crippen molar-refractivity contribution in [2.24, 2.45) is 0 Å². The standard InChI is InChI=1S/C21H27Cl2N3O3S/c1-3-4-5-17(13-24-16-8-11-19(22)20(23)12-16)25-21(27)14-29-18-9-6-15(7-10-18)26-30(2)28/h6-12,17,24,26H,3-5,13-14H2,1-2H3,(H,25,27)/t17-,30?/m1/s1. The quantitative estimate of drug-likeness (QED) is 0.412. The highest BCUT2D eigenvalue weighted by Gasteiger charge is 2.13. The SMILES string of the molecule is CCCC[C@H](CNc1ccc(Cl)c(Cl)c1)NC(=O)COc1ccc(NS(C)=O)cc1. The van der Waals surface area contributed by atoms with Crippen LogP contribution in [0.4, 0.5) is 11.4 Å². The van der Waals surface area contributed by atoms with E-state index >= 15 is 0 Å². The fraction of sp³-hybridized carbons (Fsp3) is 0.381. The second-order valence-corrected chi connectivity index (χ2v) is 8.71. The Balaban J connectivity index is 1.84. The van der Waals surface area contributed by atoms with Crippen molar-refractivity contribution in [2.45, 2.75) is 32.2 Å². The molecule has 1 unspecified atom stereocenters. The summed E-state index contributed by atoms with van der Waals surface area (Å²) < 4.78 is 19.5. The van der Waals surface area contributed by atoms with Gasteiger partial charge in [0.05, 0.1) is 10.0 Å². The molecule has 0 aliphatic heterocycles. The number of nitrogens with one attached hydrogen (secondary N) is 3. The predicted molar refractivity (Wildman–Crippen MR) is 126 cm³/mol. The lowest BCUT2D eigenvalue weighted by Gasteiger charge is -2.20. The molecule has 0 bridgehead atoms. The molecule has 9 heteroatoms. The molecule has 0 aliphatic rings. The fourth-order valence-corrected chi connectivity index (χ4v) is 3.49. The number of hydrogen-bond donors (Lipinski definition) is 3. The maximum absolute atomic E-state index is 12.4. The molecular formula is C21H27Cl2N3O3S. The highest BCUT2D eigenvalue weighted by molar-refractivity contribution is 7.85. The third kappa shape index (κ3) is 8.81. The van der Waals surface area contributed by atoms with Crippen LogP contribution in [0.25, 0.3) is 0 Å². The number of amides is 1. The van der Waals surface area contributed by atoms with Gasteiger partial charge in [0.1, 0.15) is 16.7 Å². The maximum atomic E-state index is 12.4. The van der Waals surface area contributed by atoms with Crippen LogP contribution in [0.15, 0.2) is 42.5 Å². The van der Waals surface area contributed by atoms with E-state index in [1.807, 2.05) is 6.07 Å². The summed E-state index contributed by atoms with van der Waals surface area (Å²) in [5.74, 6) is 0.375. The third-order valence-corrected chi connectivity index (χ3v) is 5.49. The van der Waals surface area contributed by atoms with E-state index in [2.05, 4.69) is 22.3 Å². The summed E-state index contributed by atoms with van der Waals surface area (Å²) in [6, 6.07) is 12.3. The number of halogens is 2. The number of carbonyl (C=O) groups excluding carboxylic acids is 1. The molecule has 0 saturated heterocycles. The van der Waals surface area contributed by atoms with Gasteiger partial charge in [-0.2, -0.15) is 0 Å². The van der Waals surface area contributed by atoms with Crippen LogP contribution in [-0.4, -0.2) is 35.6 Å². The average molecular weight is 472 g/mol. The first-order chi connectivity index (χ1) is 14.4. The van der Waals surface area contributed by atoms with E-state index in [0.717, 1.165) is 30.6 Å². The van der Waals surface area contributed by atoms with Gasteiger partial charge < -0.3 is 20.1 Å². The van der Waals surface area contributed by atoms with Gasteiger partial charge in [-0.25, -0.2) is 4.21 Å². The molecule has 0 aliphatic carbocycles. The molecule has 0 radical (unpaired) electrons. The largest absolute Gasteiger partial charge is 0.484 e. The highest BCUT2D eigenvalue weighted by Crippen LogP contribution is 2.25. The number of anilines is 2. The lowest BCUT2D eigenvalue weighted by molar-refractivity contribution is -0.123. The Morgan fingerprint density at radius 3 is 2.43 bits per heavy atom. The second-order valence-electron chi connectivity index (χ2n) is 6.79. The van der Waals surface area contributed by atoms with E-state index < -0.39 is 11.0 Å². The molecule has 0 heterocycles. The molecule has 0 spiro atoms. The van der Waals surface area contributed by atoms with Crippen LogP contribution in [0.2, 0.25) is 10.0 Å². The smallest absolute Gasteiger partial charge is 0.258 e. The van der Waals surface area contributed by atoms with E-state index in [4.69, 9.17) is 27.9 Å². The minimum absolute atomic E-state index is 0.0402. The van der Waals surface area contributed by atoms with Crippen molar-refractivity contribution in [3.05, 3.63) is 52.5 Å². The molecular weight excluding hydrogens is 445 g/mol. The van der Waals surface area contributed by atoms with Gasteiger partial charge in [-0.05, 0) is 48.9 Å². The monoisotopic (exact) mass is 471 g/mol. The minimum atomic E-state index is -1.14. The van der Waals surface area contributed by atoms with Gasteiger partial charge in [0.25, 0.3) is 5.91 Å². The molecule has 0 aromatic heterocycles. The number of ether oxygens (including phenoxy) is 1. The fourth-order valence-electron chi connectivity index (χ4n) is 2.73. The minimum Gasteiger partial charge on any atom is -0.484 e. The van der Waals surface area contributed by atoms with Crippen LogP contribution in [0.3, 0.4) is 0 Å². The summed E-state index contributed by atoms with van der Waals surface area (Å²) in [7, 11) is -1.14. The zero-order valence-corrected chi connectivity index (χ0v) is 19.4. The Kier molecular flexibility index (Phi) is 10.3. The topological polar surface area (TPSA) is 79.5 Å². The lowest BCUT2D eigenvalue weighted by Crippen LogP contribution is -2.42. The normalized spacial score (nSPS) is 12.7. The second kappa shape index (κ2) is 12.7. The van der Waals surface area contributed by atoms with Crippen LogP contribution >= 0.6 is 23.2 Å². The van der Waals surface area contributed by atoms with Gasteiger partial charge in [0.15, 0.2) is 6.61 Å². The molecule has 30 heavy (non-hydrogen) atoms. The Morgan fingerprint density at radius 2 is 1.80 bits per heavy atom. The molecule has 2 atom stereocenters. The number of benzene rings is 2. The van der Waals surface area contributed by atoms with Crippen molar-refractivity contribution in [3.63, 3.8) is 0 Å². The molecule has 1 amide bonds. The van der Waals surface area contributed by atoms with Crippen molar-refractivity contribution in [2.75, 3.05) is 29.4 Å². The average Bonchev–Trinajstić information content (AvgIpc) is 2.71. The van der Waals surface area contributed by atoms with Crippen LogP contribution in [0, 0.1) is 0 Å². The van der Waals surface area contributed by atoms with Gasteiger partial charge in [0, 0.05) is 30.2 Å². The van der Waals surface area contributed by atoms with Gasteiger partial charge in [-0.15, -0.1) is 0 Å². The number of unbranched alkanes of at least 4 members (excludes halogenated alkanes) is 1. The van der Waals surface area contributed by atoms with Crippen molar-refractivity contribution in [1.82, 2.24) is 5.32 Å². The van der Waals surface area contributed by atoms with E-state index in [1.54, 1.807) is 42.7 Å². The number of rotatable bonds is 12. The van der Waals surface area contributed by atoms with Gasteiger partial charge in [-0.1, -0.05) is 43.0 Å². The molecule has 2 aromatic carbocycles. The van der Waals surface area contributed by atoms with Gasteiger partial charge in [-0.3, -0.25) is 4.79 Å². The number of hydrogen-bond acceptors (Lipinski definition) is 4. The van der Waals surface area contributed by atoms with Crippen LogP contribution in [0.5, 0.6) is 5.75 Å². The van der Waals surface area contributed by atoms with Crippen LogP contribution < -0.4 is 20.1 Å². The first kappa shape index (κ1) is 24.3. The van der Waals surface area contributed by atoms with E-state index in [-0.39, 0.29) is 18.6 Å². The van der Waals surface area contributed by atoms with Crippen molar-refractivity contribution < 1.29 is 13.7 Å². The zero-order chi connectivity index (χ0) is 21.9. The predicted octanol–water partition coefficient (Wildman–Crippen LogP) is 4.86. The summed E-state index contributed by atoms with van der Waals surface area (Å²) in [5.41, 5.74) is 1.57. The van der Waals surface area contributed by atoms with Gasteiger partial charge >= 0.3 is 0 Å². The Labute approximate surface area is 190 Å². The summed E-state index contributed by atoms with van der Waals surface area (Å²) in [6.07, 6.45) is 4.45. The highest BCUT2D eigenvalue weighted by atomic mass is 35.5. The summed E-state index contributed by atoms with van der Waals surface area (Å²) in [5, 5.41) is 7.29. The molecule has 2 aromatic rings. The van der Waals surface area contributed by atoms with E-state index in [9.17, 15) is 9.00 Å². The third-order valence-electron chi connectivity index (χ3n) is 4.23. The Morgan fingerprint density at radius 1 is 1.10 bits per heavy atom. The van der Waals surface area contributed by atoms with Gasteiger partial charge in [0.2, 0.25) is 0 Å². The number of carbonyl (C=O) groups is 1. The van der Waals surface area contributed by atoms with Crippen molar-refractivity contribution in [1.29, 1.82) is 0 Å². The Bertz CT molecular complexity index is 850. The molecule has 164 valence electrons. The summed E-state index contributed by atoms with van der Waals surface area (Å²) in [6.45, 7) is 2.60. The molecule has 2 rings (SSSR count). The van der Waals surface area contributed by atoms with Crippen LogP contribution in [0.1, 0.15) is 26.2 Å². The molecule has 6 nitrogen and oxygen atoms in total. The first-order valence-corrected chi connectivity index (χ1v) is 12.0. The molecule has 0 saturated carbocycles. The molecule has 0 fully saturated rings. The Hall–Kier alpha value is -1.96. The van der Waals surface area contributed by atoms with Crippen molar-refractivity contribution in [3.8, 4) is 5.75 Å². The van der Waals surface area contributed by atoms with E-state index in [0.29, 0.717) is 22.3 Å².